The first-order chi connectivity index (χ1) is 7.29. The van der Waals surface area contributed by atoms with E-state index < -0.39 is 0 Å². The fraction of sp³-hybridized carbons (Fsp3) is 0.154. The van der Waals surface area contributed by atoms with E-state index in [1.165, 1.54) is 13.0 Å². The van der Waals surface area contributed by atoms with Gasteiger partial charge in [0.2, 0.25) is 0 Å². The van der Waals surface area contributed by atoms with Crippen LogP contribution in [0.25, 0.3) is 0 Å². The van der Waals surface area contributed by atoms with Crippen LogP contribution in [0.1, 0.15) is 12.5 Å². The molecule has 0 atom stereocenters. The number of hydrogen-bond donors (Lipinski definition) is 0. The Hall–Kier alpha value is -1.83. The Balaban J connectivity index is 2.25. The molecule has 0 saturated carbocycles. The van der Waals surface area contributed by atoms with Crippen molar-refractivity contribution in [3.05, 3.63) is 60.4 Å². The molecule has 1 aromatic rings. The lowest BCUT2D eigenvalue weighted by Crippen LogP contribution is -1.84. The van der Waals surface area contributed by atoms with Gasteiger partial charge in [-0.05, 0) is 24.6 Å². The van der Waals surface area contributed by atoms with E-state index >= 15 is 0 Å². The molecule has 1 aromatic carbocycles. The smallest absolute Gasteiger partial charge is 0.152 e. The molecule has 0 aromatic heterocycles. The highest BCUT2D eigenvalue weighted by Crippen LogP contribution is 2.00. The monoisotopic (exact) mass is 202 g/mol. The Morgan fingerprint density at radius 1 is 1.27 bits per heavy atom. The molecule has 78 valence electrons. The van der Waals surface area contributed by atoms with Gasteiger partial charge in [-0.2, -0.15) is 0 Å². The number of carbonyl (C=O) groups excluding carboxylic acids is 1. The molecule has 0 fully saturated rings. The zero-order valence-corrected chi connectivity index (χ0v) is 8.72. The molecular weight excluding hydrogens is 188 g/mol. The Labute approximate surface area is 89.9 Å². The second kappa shape index (κ2) is 6.60. The molecule has 0 N–H and O–H groups in total. The molecule has 2 heteroatoms. The van der Waals surface area contributed by atoms with Crippen molar-refractivity contribution < 1.29 is 9.53 Å². The van der Waals surface area contributed by atoms with Gasteiger partial charge in [0, 0.05) is 0 Å². The van der Waals surface area contributed by atoms with Gasteiger partial charge in [0.1, 0.15) is 6.61 Å². The number of benzene rings is 1. The number of hydrogen-bond acceptors (Lipinski definition) is 2. The van der Waals surface area contributed by atoms with E-state index in [9.17, 15) is 4.79 Å². The Morgan fingerprint density at radius 3 is 2.67 bits per heavy atom. The van der Waals surface area contributed by atoms with Crippen molar-refractivity contribution in [3.8, 4) is 0 Å². The second-order valence-electron chi connectivity index (χ2n) is 3.09. The van der Waals surface area contributed by atoms with Crippen LogP contribution in [0.15, 0.2) is 54.8 Å². The minimum Gasteiger partial charge on any atom is -0.497 e. The third-order valence-corrected chi connectivity index (χ3v) is 1.71. The van der Waals surface area contributed by atoms with Crippen molar-refractivity contribution in [3.63, 3.8) is 0 Å². The zero-order valence-electron chi connectivity index (χ0n) is 8.72. The molecule has 0 heterocycles. The van der Waals surface area contributed by atoms with Gasteiger partial charge in [-0.1, -0.05) is 36.4 Å². The Kier molecular flexibility index (Phi) is 4.95. The lowest BCUT2D eigenvalue weighted by Gasteiger charge is -1.99. The zero-order chi connectivity index (χ0) is 10.9. The van der Waals surface area contributed by atoms with E-state index in [-0.39, 0.29) is 5.78 Å². The summed E-state index contributed by atoms with van der Waals surface area (Å²) in [6.45, 7) is 2.06. The first-order valence-corrected chi connectivity index (χ1v) is 4.78. The Bertz CT molecular complexity index is 350. The summed E-state index contributed by atoms with van der Waals surface area (Å²) in [7, 11) is 0. The highest BCUT2D eigenvalue weighted by Gasteiger charge is 1.86. The average molecular weight is 202 g/mol. The van der Waals surface area contributed by atoms with E-state index in [1.807, 2.05) is 30.3 Å². The highest BCUT2D eigenvalue weighted by molar-refractivity contribution is 5.87. The summed E-state index contributed by atoms with van der Waals surface area (Å²) in [5.41, 5.74) is 1.12. The lowest BCUT2D eigenvalue weighted by atomic mass is 10.2. The van der Waals surface area contributed by atoms with E-state index in [2.05, 4.69) is 0 Å². The lowest BCUT2D eigenvalue weighted by molar-refractivity contribution is -0.112. The molecule has 1 rings (SSSR count). The van der Waals surface area contributed by atoms with Gasteiger partial charge in [-0.3, -0.25) is 4.79 Å². The van der Waals surface area contributed by atoms with Crippen LogP contribution >= 0.6 is 0 Å². The van der Waals surface area contributed by atoms with Crippen LogP contribution in [0.3, 0.4) is 0 Å². The van der Waals surface area contributed by atoms with Gasteiger partial charge >= 0.3 is 0 Å². The average Bonchev–Trinajstić information content (AvgIpc) is 2.24. The van der Waals surface area contributed by atoms with E-state index in [0.717, 1.165) is 5.56 Å². The van der Waals surface area contributed by atoms with Gasteiger partial charge in [0.25, 0.3) is 0 Å². The third kappa shape index (κ3) is 5.47. The summed E-state index contributed by atoms with van der Waals surface area (Å²) in [5, 5.41) is 0. The first-order valence-electron chi connectivity index (χ1n) is 4.78. The van der Waals surface area contributed by atoms with Crippen LogP contribution in [-0.4, -0.2) is 5.78 Å². The molecule has 0 aliphatic carbocycles. The molecule has 0 amide bonds. The summed E-state index contributed by atoms with van der Waals surface area (Å²) < 4.78 is 5.26. The fourth-order valence-corrected chi connectivity index (χ4v) is 1.01. The topological polar surface area (TPSA) is 26.3 Å². The number of carbonyl (C=O) groups is 1. The van der Waals surface area contributed by atoms with E-state index in [4.69, 9.17) is 4.74 Å². The highest BCUT2D eigenvalue weighted by atomic mass is 16.5. The summed E-state index contributed by atoms with van der Waals surface area (Å²) in [4.78, 5) is 10.5. The standard InChI is InChI=1S/C13H14O2/c1-12(14)7-5-6-10-15-11-13-8-3-2-4-9-13/h2-10H,11H2,1H3/b7-5+,10-6+. The normalized spacial score (nSPS) is 11.0. The van der Waals surface area contributed by atoms with Crippen molar-refractivity contribution in [2.24, 2.45) is 0 Å². The number of allylic oxidation sites excluding steroid dienone is 3. The van der Waals surface area contributed by atoms with Crippen LogP contribution in [0, 0.1) is 0 Å². The van der Waals surface area contributed by atoms with Crippen molar-refractivity contribution in [2.75, 3.05) is 0 Å². The van der Waals surface area contributed by atoms with Crippen molar-refractivity contribution >= 4 is 5.78 Å². The van der Waals surface area contributed by atoms with Crippen LogP contribution < -0.4 is 0 Å². The largest absolute Gasteiger partial charge is 0.497 e. The van der Waals surface area contributed by atoms with E-state index in [0.29, 0.717) is 6.61 Å². The molecule has 2 nitrogen and oxygen atoms in total. The predicted molar refractivity (Wildman–Crippen MR) is 60.2 cm³/mol. The maximum absolute atomic E-state index is 10.5. The molecular formula is C13H14O2. The van der Waals surface area contributed by atoms with Crippen LogP contribution in [0.4, 0.5) is 0 Å². The summed E-state index contributed by atoms with van der Waals surface area (Å²) in [5.74, 6) is 0.0303. The molecule has 0 unspecified atom stereocenters. The first kappa shape index (κ1) is 11.2. The van der Waals surface area contributed by atoms with Gasteiger partial charge in [0.15, 0.2) is 5.78 Å². The summed E-state index contributed by atoms with van der Waals surface area (Å²) in [6.07, 6.45) is 6.42. The van der Waals surface area contributed by atoms with Gasteiger partial charge in [0.05, 0.1) is 6.26 Å². The van der Waals surface area contributed by atoms with Gasteiger partial charge in [-0.25, -0.2) is 0 Å². The Morgan fingerprint density at radius 2 is 2.00 bits per heavy atom. The van der Waals surface area contributed by atoms with Crippen LogP contribution in [-0.2, 0) is 16.1 Å². The predicted octanol–water partition coefficient (Wildman–Crippen LogP) is 2.86. The minimum absolute atomic E-state index is 0.0303. The van der Waals surface area contributed by atoms with Crippen molar-refractivity contribution in [1.82, 2.24) is 0 Å². The number of rotatable bonds is 5. The third-order valence-electron chi connectivity index (χ3n) is 1.71. The van der Waals surface area contributed by atoms with Crippen LogP contribution in [0.2, 0.25) is 0 Å². The summed E-state index contributed by atoms with van der Waals surface area (Å²) >= 11 is 0. The summed E-state index contributed by atoms with van der Waals surface area (Å²) in [6, 6.07) is 9.91. The molecule has 0 saturated heterocycles. The number of ether oxygens (including phenoxy) is 1. The van der Waals surface area contributed by atoms with Crippen molar-refractivity contribution in [2.45, 2.75) is 13.5 Å². The maximum atomic E-state index is 10.5. The van der Waals surface area contributed by atoms with Gasteiger partial charge < -0.3 is 4.74 Å². The maximum Gasteiger partial charge on any atom is 0.152 e. The molecule has 0 radical (unpaired) electrons. The van der Waals surface area contributed by atoms with Crippen LogP contribution in [0.5, 0.6) is 0 Å². The van der Waals surface area contributed by atoms with Crippen molar-refractivity contribution in [1.29, 1.82) is 0 Å². The number of ketones is 1. The quantitative estimate of drug-likeness (QED) is 0.417. The molecule has 0 aliphatic rings. The fourth-order valence-electron chi connectivity index (χ4n) is 1.01. The molecule has 15 heavy (non-hydrogen) atoms. The minimum atomic E-state index is 0.0303. The van der Waals surface area contributed by atoms with E-state index in [1.54, 1.807) is 18.4 Å². The SMILES string of the molecule is CC(=O)/C=C/C=C/OCc1ccccc1. The molecule has 0 bridgehead atoms. The second-order valence-corrected chi connectivity index (χ2v) is 3.09. The molecule has 0 aliphatic heterocycles. The van der Waals surface area contributed by atoms with Gasteiger partial charge in [-0.15, -0.1) is 0 Å². The molecule has 0 spiro atoms.